The molecule has 0 aromatic heterocycles. The van der Waals surface area contributed by atoms with Crippen LogP contribution in [-0.4, -0.2) is 16.7 Å². The number of amides is 2. The van der Waals surface area contributed by atoms with E-state index < -0.39 is 4.92 Å². The first-order valence-corrected chi connectivity index (χ1v) is 7.61. The van der Waals surface area contributed by atoms with Gasteiger partial charge in [-0.2, -0.15) is 0 Å². The van der Waals surface area contributed by atoms with Crippen LogP contribution in [0.1, 0.15) is 44.9 Å². The van der Waals surface area contributed by atoms with Gasteiger partial charge in [-0.25, -0.2) is 0 Å². The molecule has 2 amide bonds. The van der Waals surface area contributed by atoms with Crippen LogP contribution in [0.2, 0.25) is 0 Å². The van der Waals surface area contributed by atoms with Gasteiger partial charge in [-0.15, -0.1) is 0 Å². The zero-order valence-corrected chi connectivity index (χ0v) is 12.3. The number of carbonyl (C=O) groups excluding carboxylic acids is 2. The zero-order valence-electron chi connectivity index (χ0n) is 12.3. The van der Waals surface area contributed by atoms with E-state index in [1.807, 2.05) is 0 Å². The van der Waals surface area contributed by atoms with Gasteiger partial charge < -0.3 is 0 Å². The SMILES string of the molecule is O=C1CC2(CCCCC2)CC(=O)N1c1ccc([N+](=O)[O-])cc1. The number of nitro benzene ring substituents is 1. The van der Waals surface area contributed by atoms with Crippen molar-refractivity contribution in [3.63, 3.8) is 0 Å². The Kier molecular flexibility index (Phi) is 3.68. The van der Waals surface area contributed by atoms with Gasteiger partial charge in [0.2, 0.25) is 11.8 Å². The second kappa shape index (κ2) is 5.51. The number of imide groups is 1. The van der Waals surface area contributed by atoms with E-state index >= 15 is 0 Å². The summed E-state index contributed by atoms with van der Waals surface area (Å²) in [6.07, 6.45) is 6.02. The molecule has 1 heterocycles. The third kappa shape index (κ3) is 2.61. The van der Waals surface area contributed by atoms with Gasteiger partial charge in [0.05, 0.1) is 10.6 Å². The van der Waals surface area contributed by atoms with Gasteiger partial charge in [0, 0.05) is 25.0 Å². The van der Waals surface area contributed by atoms with Crippen molar-refractivity contribution in [2.24, 2.45) is 5.41 Å². The maximum absolute atomic E-state index is 12.5. The molecule has 1 aromatic rings. The number of piperidine rings is 1. The van der Waals surface area contributed by atoms with Crippen molar-refractivity contribution in [2.75, 3.05) is 4.90 Å². The molecule has 116 valence electrons. The van der Waals surface area contributed by atoms with Crippen molar-refractivity contribution in [3.8, 4) is 0 Å². The van der Waals surface area contributed by atoms with Crippen molar-refractivity contribution in [3.05, 3.63) is 34.4 Å². The number of benzene rings is 1. The van der Waals surface area contributed by atoms with Crippen LogP contribution in [0, 0.1) is 15.5 Å². The molecule has 6 heteroatoms. The Balaban J connectivity index is 1.82. The fraction of sp³-hybridized carbons (Fsp3) is 0.500. The van der Waals surface area contributed by atoms with Crippen LogP contribution in [-0.2, 0) is 9.59 Å². The molecule has 0 unspecified atom stereocenters. The molecule has 1 aliphatic heterocycles. The van der Waals surface area contributed by atoms with Gasteiger partial charge in [-0.3, -0.25) is 24.6 Å². The van der Waals surface area contributed by atoms with Crippen molar-refractivity contribution in [2.45, 2.75) is 44.9 Å². The van der Waals surface area contributed by atoms with Crippen LogP contribution in [0.5, 0.6) is 0 Å². The Morgan fingerprint density at radius 1 is 0.955 bits per heavy atom. The van der Waals surface area contributed by atoms with Crippen LogP contribution in [0.25, 0.3) is 0 Å². The summed E-state index contributed by atoms with van der Waals surface area (Å²) in [7, 11) is 0. The average Bonchev–Trinajstić information content (AvgIpc) is 2.47. The number of nitro groups is 1. The maximum Gasteiger partial charge on any atom is 0.269 e. The van der Waals surface area contributed by atoms with Gasteiger partial charge in [0.15, 0.2) is 0 Å². The van der Waals surface area contributed by atoms with Crippen LogP contribution in [0.3, 0.4) is 0 Å². The molecule has 2 aliphatic rings. The van der Waals surface area contributed by atoms with E-state index in [4.69, 9.17) is 0 Å². The molecule has 1 saturated carbocycles. The molecule has 22 heavy (non-hydrogen) atoms. The summed E-state index contributed by atoms with van der Waals surface area (Å²) in [6, 6.07) is 5.57. The molecule has 6 nitrogen and oxygen atoms in total. The Bertz CT molecular complexity index is 598. The lowest BCUT2D eigenvalue weighted by Gasteiger charge is -2.42. The van der Waals surface area contributed by atoms with Gasteiger partial charge in [0.25, 0.3) is 5.69 Å². The first-order chi connectivity index (χ1) is 10.5. The number of anilines is 1. The average molecular weight is 302 g/mol. The fourth-order valence-electron chi connectivity index (χ4n) is 3.67. The number of non-ortho nitro benzene ring substituents is 1. The summed E-state index contributed by atoms with van der Waals surface area (Å²) >= 11 is 0. The van der Waals surface area contributed by atoms with Gasteiger partial charge >= 0.3 is 0 Å². The molecule has 0 bridgehead atoms. The Morgan fingerprint density at radius 3 is 2.00 bits per heavy atom. The van der Waals surface area contributed by atoms with E-state index in [9.17, 15) is 19.7 Å². The molecule has 1 aliphatic carbocycles. The van der Waals surface area contributed by atoms with Crippen LogP contribution in [0.4, 0.5) is 11.4 Å². The van der Waals surface area contributed by atoms with E-state index in [-0.39, 0.29) is 22.9 Å². The quantitative estimate of drug-likeness (QED) is 0.477. The molecule has 0 atom stereocenters. The predicted octanol–water partition coefficient (Wildman–Crippen LogP) is 3.20. The highest BCUT2D eigenvalue weighted by molar-refractivity contribution is 6.17. The maximum atomic E-state index is 12.5. The Morgan fingerprint density at radius 2 is 1.50 bits per heavy atom. The fourth-order valence-corrected chi connectivity index (χ4v) is 3.67. The lowest BCUT2D eigenvalue weighted by molar-refractivity contribution is -0.384. The molecule has 1 spiro atoms. The second-order valence-corrected chi connectivity index (χ2v) is 6.31. The third-order valence-corrected chi connectivity index (χ3v) is 4.78. The smallest absolute Gasteiger partial charge is 0.269 e. The minimum absolute atomic E-state index is 0.0515. The first kappa shape index (κ1) is 14.7. The van der Waals surface area contributed by atoms with E-state index in [1.54, 1.807) is 0 Å². The summed E-state index contributed by atoms with van der Waals surface area (Å²) in [5, 5.41) is 10.7. The van der Waals surface area contributed by atoms with Crippen LogP contribution < -0.4 is 4.90 Å². The summed E-state index contributed by atoms with van der Waals surface area (Å²) < 4.78 is 0. The number of carbonyl (C=O) groups is 2. The number of hydrogen-bond acceptors (Lipinski definition) is 4. The van der Waals surface area contributed by atoms with Gasteiger partial charge in [-0.05, 0) is 30.4 Å². The molecular formula is C16H18N2O4. The summed E-state index contributed by atoms with van der Waals surface area (Å²) in [6.45, 7) is 0. The van der Waals surface area contributed by atoms with Crippen molar-refractivity contribution in [1.82, 2.24) is 0 Å². The molecule has 2 fully saturated rings. The van der Waals surface area contributed by atoms with Gasteiger partial charge in [-0.1, -0.05) is 19.3 Å². The highest BCUT2D eigenvalue weighted by atomic mass is 16.6. The molecular weight excluding hydrogens is 284 g/mol. The highest BCUT2D eigenvalue weighted by Crippen LogP contribution is 2.46. The minimum Gasteiger partial charge on any atom is -0.274 e. The summed E-state index contributed by atoms with van der Waals surface area (Å²) in [4.78, 5) is 36.3. The topological polar surface area (TPSA) is 80.5 Å². The monoisotopic (exact) mass is 302 g/mol. The van der Waals surface area contributed by atoms with Gasteiger partial charge in [0.1, 0.15) is 0 Å². The van der Waals surface area contributed by atoms with E-state index in [0.29, 0.717) is 18.5 Å². The molecule has 1 aromatic carbocycles. The highest BCUT2D eigenvalue weighted by Gasteiger charge is 2.44. The minimum atomic E-state index is -0.499. The molecule has 0 N–H and O–H groups in total. The summed E-state index contributed by atoms with van der Waals surface area (Å²) in [5.74, 6) is -0.376. The first-order valence-electron chi connectivity index (χ1n) is 7.61. The standard InChI is InChI=1S/C16H18N2O4/c19-14-10-16(8-2-1-3-9-16)11-15(20)17(14)12-4-6-13(7-5-12)18(21)22/h4-7H,1-3,8-11H2. The molecule has 0 radical (unpaired) electrons. The number of rotatable bonds is 2. The zero-order chi connectivity index (χ0) is 15.7. The largest absolute Gasteiger partial charge is 0.274 e. The number of nitrogens with zero attached hydrogens (tertiary/aromatic N) is 2. The Labute approximate surface area is 128 Å². The Hall–Kier alpha value is -2.24. The molecule has 1 saturated heterocycles. The second-order valence-electron chi connectivity index (χ2n) is 6.31. The number of hydrogen-bond donors (Lipinski definition) is 0. The van der Waals surface area contributed by atoms with Crippen LogP contribution >= 0.6 is 0 Å². The molecule has 3 rings (SSSR count). The van der Waals surface area contributed by atoms with Crippen molar-refractivity contribution >= 4 is 23.2 Å². The van der Waals surface area contributed by atoms with E-state index in [2.05, 4.69) is 0 Å². The normalized spacial score (nSPS) is 21.2. The summed E-state index contributed by atoms with van der Waals surface area (Å²) in [5.41, 5.74) is 0.222. The van der Waals surface area contributed by atoms with Crippen LogP contribution in [0.15, 0.2) is 24.3 Å². The van der Waals surface area contributed by atoms with Crippen molar-refractivity contribution in [1.29, 1.82) is 0 Å². The van der Waals surface area contributed by atoms with E-state index in [1.165, 1.54) is 35.6 Å². The third-order valence-electron chi connectivity index (χ3n) is 4.78. The lowest BCUT2D eigenvalue weighted by atomic mass is 9.67. The predicted molar refractivity (Wildman–Crippen MR) is 80.3 cm³/mol. The van der Waals surface area contributed by atoms with E-state index in [0.717, 1.165) is 25.7 Å². The van der Waals surface area contributed by atoms with Crippen molar-refractivity contribution < 1.29 is 14.5 Å². The lowest BCUT2D eigenvalue weighted by Crippen LogP contribution is -2.48.